The van der Waals surface area contributed by atoms with Gasteiger partial charge in [0.05, 0.1) is 0 Å². The summed E-state index contributed by atoms with van der Waals surface area (Å²) in [5.41, 5.74) is 1.33. The van der Waals surface area contributed by atoms with Gasteiger partial charge in [-0.05, 0) is 80.5 Å². The number of rotatable bonds is 2. The van der Waals surface area contributed by atoms with Crippen LogP contribution in [-0.2, 0) is 0 Å². The Balaban J connectivity index is 1.44. The molecule has 2 unspecified atom stereocenters. The van der Waals surface area contributed by atoms with E-state index in [0.717, 1.165) is 17.5 Å². The first kappa shape index (κ1) is 20.4. The molecular weight excluding hydrogens is 345 g/mol. The van der Waals surface area contributed by atoms with E-state index >= 15 is 0 Å². The van der Waals surface area contributed by atoms with E-state index in [1.54, 1.807) is 6.07 Å². The molecule has 3 fully saturated rings. The molecular formula is C26H40FN. The molecule has 1 heterocycles. The van der Waals surface area contributed by atoms with Crippen LogP contribution in [0.2, 0.25) is 0 Å². The lowest BCUT2D eigenvalue weighted by Gasteiger charge is -2.48. The summed E-state index contributed by atoms with van der Waals surface area (Å²) in [5, 5.41) is 0. The van der Waals surface area contributed by atoms with Gasteiger partial charge in [-0.15, -0.1) is 0 Å². The molecule has 1 spiro atoms. The third kappa shape index (κ3) is 4.18. The molecule has 28 heavy (non-hydrogen) atoms. The predicted octanol–water partition coefficient (Wildman–Crippen LogP) is 7.31. The summed E-state index contributed by atoms with van der Waals surface area (Å²) in [6.45, 7) is 4.92. The molecule has 3 aliphatic rings. The van der Waals surface area contributed by atoms with Gasteiger partial charge in [0, 0.05) is 6.04 Å². The van der Waals surface area contributed by atoms with Gasteiger partial charge in [-0.25, -0.2) is 4.39 Å². The van der Waals surface area contributed by atoms with E-state index in [1.165, 1.54) is 96.6 Å². The third-order valence-electron chi connectivity index (χ3n) is 8.66. The molecule has 1 saturated heterocycles. The maximum Gasteiger partial charge on any atom is 0.126 e. The SMILES string of the molecule is CC1CCC(c2ccccc2F)C12CCN(C1CCCCCCCCC1)CC2. The minimum Gasteiger partial charge on any atom is -0.300 e. The molecule has 0 bridgehead atoms. The Bertz CT molecular complexity index is 609. The lowest BCUT2D eigenvalue weighted by molar-refractivity contribution is 0.0316. The Morgan fingerprint density at radius 3 is 2.07 bits per heavy atom. The molecule has 1 nitrogen and oxygen atoms in total. The van der Waals surface area contributed by atoms with Crippen LogP contribution in [0.15, 0.2) is 24.3 Å². The van der Waals surface area contributed by atoms with Gasteiger partial charge in [0.25, 0.3) is 0 Å². The molecule has 4 rings (SSSR count). The van der Waals surface area contributed by atoms with Gasteiger partial charge in [0.2, 0.25) is 0 Å². The van der Waals surface area contributed by atoms with Crippen molar-refractivity contribution in [2.45, 2.75) is 102 Å². The molecule has 1 aliphatic heterocycles. The third-order valence-corrected chi connectivity index (χ3v) is 8.66. The van der Waals surface area contributed by atoms with E-state index in [0.29, 0.717) is 11.3 Å². The van der Waals surface area contributed by atoms with Gasteiger partial charge < -0.3 is 4.90 Å². The van der Waals surface area contributed by atoms with Gasteiger partial charge in [-0.1, -0.05) is 70.1 Å². The van der Waals surface area contributed by atoms with Crippen LogP contribution in [0.1, 0.15) is 102 Å². The predicted molar refractivity (Wildman–Crippen MR) is 116 cm³/mol. The first-order valence-corrected chi connectivity index (χ1v) is 12.2. The molecule has 2 aliphatic carbocycles. The lowest BCUT2D eigenvalue weighted by Crippen LogP contribution is -2.48. The van der Waals surface area contributed by atoms with Gasteiger partial charge in [-0.2, -0.15) is 0 Å². The van der Waals surface area contributed by atoms with Crippen LogP contribution >= 0.6 is 0 Å². The molecule has 0 amide bonds. The average Bonchev–Trinajstić information content (AvgIpc) is 3.03. The number of nitrogens with zero attached hydrogens (tertiary/aromatic N) is 1. The summed E-state index contributed by atoms with van der Waals surface area (Å²) in [7, 11) is 0. The van der Waals surface area contributed by atoms with Crippen molar-refractivity contribution in [2.75, 3.05) is 13.1 Å². The monoisotopic (exact) mass is 385 g/mol. The van der Waals surface area contributed by atoms with Crippen molar-refractivity contribution in [1.82, 2.24) is 4.90 Å². The first-order chi connectivity index (χ1) is 13.7. The molecule has 0 aromatic heterocycles. The Kier molecular flexibility index (Phi) is 6.76. The van der Waals surface area contributed by atoms with Crippen LogP contribution < -0.4 is 0 Å². The molecule has 2 saturated carbocycles. The molecule has 0 radical (unpaired) electrons. The van der Waals surface area contributed by atoms with Crippen LogP contribution in [-0.4, -0.2) is 24.0 Å². The Labute approximate surface area is 172 Å². The second-order valence-corrected chi connectivity index (χ2v) is 10.0. The molecule has 1 aromatic rings. The van der Waals surface area contributed by atoms with E-state index < -0.39 is 0 Å². The maximum atomic E-state index is 14.6. The Morgan fingerprint density at radius 2 is 1.43 bits per heavy atom. The van der Waals surface area contributed by atoms with Crippen LogP contribution in [0.3, 0.4) is 0 Å². The average molecular weight is 386 g/mol. The standard InChI is InChI=1S/C26H40FN/c1-21-15-16-24(23-13-9-10-14-25(23)27)26(21)17-19-28(20-18-26)22-11-7-5-3-2-4-6-8-12-22/h9-10,13-14,21-22,24H,2-8,11-12,15-20H2,1H3. The maximum absolute atomic E-state index is 14.6. The zero-order chi connectivity index (χ0) is 19.4. The normalized spacial score (nSPS) is 30.5. The summed E-state index contributed by atoms with van der Waals surface area (Å²) in [6.07, 6.45) is 17.8. The molecule has 2 atom stereocenters. The summed E-state index contributed by atoms with van der Waals surface area (Å²) in [5.74, 6) is 1.17. The van der Waals surface area contributed by atoms with Gasteiger partial charge in [0.15, 0.2) is 0 Å². The summed E-state index contributed by atoms with van der Waals surface area (Å²) < 4.78 is 14.6. The Morgan fingerprint density at radius 1 is 0.821 bits per heavy atom. The number of hydrogen-bond acceptors (Lipinski definition) is 1. The smallest absolute Gasteiger partial charge is 0.126 e. The zero-order valence-electron chi connectivity index (χ0n) is 18.0. The van der Waals surface area contributed by atoms with Crippen LogP contribution in [0.25, 0.3) is 0 Å². The highest BCUT2D eigenvalue weighted by atomic mass is 19.1. The van der Waals surface area contributed by atoms with Crippen LogP contribution in [0, 0.1) is 17.2 Å². The molecule has 1 aromatic carbocycles. The summed E-state index contributed by atoms with van der Waals surface area (Å²) >= 11 is 0. The Hall–Kier alpha value is -0.890. The topological polar surface area (TPSA) is 3.24 Å². The highest BCUT2D eigenvalue weighted by Gasteiger charge is 2.50. The largest absolute Gasteiger partial charge is 0.300 e. The first-order valence-electron chi connectivity index (χ1n) is 12.2. The minimum atomic E-state index is 0.0238. The highest BCUT2D eigenvalue weighted by molar-refractivity contribution is 5.27. The van der Waals surface area contributed by atoms with Crippen molar-refractivity contribution >= 4 is 0 Å². The summed E-state index contributed by atoms with van der Waals surface area (Å²) in [4.78, 5) is 2.83. The van der Waals surface area contributed by atoms with Crippen LogP contribution in [0.5, 0.6) is 0 Å². The minimum absolute atomic E-state index is 0.0238. The van der Waals surface area contributed by atoms with Gasteiger partial charge in [0.1, 0.15) is 5.82 Å². The molecule has 0 N–H and O–H groups in total. The van der Waals surface area contributed by atoms with Gasteiger partial charge >= 0.3 is 0 Å². The van der Waals surface area contributed by atoms with Crippen molar-refractivity contribution in [1.29, 1.82) is 0 Å². The number of halogens is 1. The number of likely N-dealkylation sites (tertiary alicyclic amines) is 1. The number of hydrogen-bond donors (Lipinski definition) is 0. The molecule has 2 heteroatoms. The second kappa shape index (κ2) is 9.28. The van der Waals surface area contributed by atoms with E-state index in [2.05, 4.69) is 17.9 Å². The van der Waals surface area contributed by atoms with Crippen molar-refractivity contribution < 1.29 is 4.39 Å². The quantitative estimate of drug-likeness (QED) is 0.515. The fourth-order valence-corrected chi connectivity index (χ4v) is 6.86. The van der Waals surface area contributed by atoms with Crippen molar-refractivity contribution in [3.63, 3.8) is 0 Å². The fraction of sp³-hybridized carbons (Fsp3) is 0.769. The lowest BCUT2D eigenvalue weighted by atomic mass is 9.64. The van der Waals surface area contributed by atoms with Gasteiger partial charge in [-0.3, -0.25) is 0 Å². The fourth-order valence-electron chi connectivity index (χ4n) is 6.86. The second-order valence-electron chi connectivity index (χ2n) is 10.0. The zero-order valence-corrected chi connectivity index (χ0v) is 18.0. The van der Waals surface area contributed by atoms with E-state index in [9.17, 15) is 4.39 Å². The van der Waals surface area contributed by atoms with E-state index in [4.69, 9.17) is 0 Å². The number of benzene rings is 1. The number of piperidine rings is 1. The van der Waals surface area contributed by atoms with E-state index in [1.807, 2.05) is 12.1 Å². The van der Waals surface area contributed by atoms with Crippen LogP contribution in [0.4, 0.5) is 4.39 Å². The van der Waals surface area contributed by atoms with E-state index in [-0.39, 0.29) is 5.82 Å². The van der Waals surface area contributed by atoms with Crippen molar-refractivity contribution in [3.05, 3.63) is 35.6 Å². The van der Waals surface area contributed by atoms with Crippen molar-refractivity contribution in [3.8, 4) is 0 Å². The van der Waals surface area contributed by atoms with Crippen molar-refractivity contribution in [2.24, 2.45) is 11.3 Å². The molecule has 156 valence electrons. The summed E-state index contributed by atoms with van der Waals surface area (Å²) in [6, 6.07) is 8.41. The highest BCUT2D eigenvalue weighted by Crippen LogP contribution is 2.59.